The first-order chi connectivity index (χ1) is 12.1. The summed E-state index contributed by atoms with van der Waals surface area (Å²) in [6.07, 6.45) is 1.40. The van der Waals surface area contributed by atoms with Gasteiger partial charge >= 0.3 is 0 Å². The van der Waals surface area contributed by atoms with Gasteiger partial charge in [0.25, 0.3) is 5.91 Å². The van der Waals surface area contributed by atoms with E-state index in [4.69, 9.17) is 16.3 Å². The summed E-state index contributed by atoms with van der Waals surface area (Å²) in [5, 5.41) is 3.72. The van der Waals surface area contributed by atoms with E-state index in [9.17, 15) is 9.18 Å². The molecule has 2 aliphatic heterocycles. The van der Waals surface area contributed by atoms with Crippen molar-refractivity contribution in [2.45, 2.75) is 25.0 Å². The Kier molecular flexibility index (Phi) is 9.75. The van der Waals surface area contributed by atoms with Gasteiger partial charge in [-0.1, -0.05) is 17.7 Å². The zero-order chi connectivity index (χ0) is 17.9. The standard InChI is InChI=1S/C18H25ClFN3O2.2ClH/c1-25-18(5-7-21-8-6-18)17(24)23-11-9-22(10-12-23)13-14-15(19)3-2-4-16(14)20;;/h2-4,21H,5-13H2,1H3;2*1H. The summed E-state index contributed by atoms with van der Waals surface area (Å²) in [6, 6.07) is 4.75. The van der Waals surface area contributed by atoms with E-state index in [1.54, 1.807) is 19.2 Å². The first-order valence-corrected chi connectivity index (χ1v) is 9.14. The van der Waals surface area contributed by atoms with Gasteiger partial charge in [0.05, 0.1) is 0 Å². The van der Waals surface area contributed by atoms with Crippen molar-refractivity contribution in [2.24, 2.45) is 0 Å². The second-order valence-electron chi connectivity index (χ2n) is 6.72. The second kappa shape index (κ2) is 10.8. The Hall–Kier alpha value is -0.630. The van der Waals surface area contributed by atoms with Crippen molar-refractivity contribution >= 4 is 42.3 Å². The van der Waals surface area contributed by atoms with Crippen molar-refractivity contribution in [1.82, 2.24) is 15.1 Å². The number of hydrogen-bond donors (Lipinski definition) is 1. The van der Waals surface area contributed by atoms with Crippen LogP contribution in [-0.4, -0.2) is 67.7 Å². The molecule has 2 saturated heterocycles. The highest BCUT2D eigenvalue weighted by Gasteiger charge is 2.42. The largest absolute Gasteiger partial charge is 0.368 e. The highest BCUT2D eigenvalue weighted by atomic mass is 35.5. The Balaban J connectivity index is 0.00000182. The fourth-order valence-electron chi connectivity index (χ4n) is 3.64. The van der Waals surface area contributed by atoms with Gasteiger partial charge in [0.15, 0.2) is 0 Å². The summed E-state index contributed by atoms with van der Waals surface area (Å²) >= 11 is 6.11. The van der Waals surface area contributed by atoms with E-state index < -0.39 is 5.60 Å². The average molecular weight is 443 g/mol. The lowest BCUT2D eigenvalue weighted by atomic mass is 9.90. The van der Waals surface area contributed by atoms with Crippen LogP contribution >= 0.6 is 36.4 Å². The molecular weight excluding hydrogens is 416 g/mol. The number of ether oxygens (including phenoxy) is 1. The Bertz CT molecular complexity index is 602. The third kappa shape index (κ3) is 5.46. The number of methoxy groups -OCH3 is 1. The van der Waals surface area contributed by atoms with Crippen LogP contribution in [0.3, 0.4) is 0 Å². The molecule has 0 spiro atoms. The van der Waals surface area contributed by atoms with E-state index in [0.29, 0.717) is 56.2 Å². The maximum atomic E-state index is 14.0. The van der Waals surface area contributed by atoms with Crippen LogP contribution in [0.5, 0.6) is 0 Å². The Morgan fingerprint density at radius 1 is 1.22 bits per heavy atom. The zero-order valence-corrected chi connectivity index (χ0v) is 17.8. The second-order valence-corrected chi connectivity index (χ2v) is 7.12. The molecule has 27 heavy (non-hydrogen) atoms. The molecule has 1 aromatic carbocycles. The molecule has 2 heterocycles. The normalized spacial score (nSPS) is 19.7. The van der Waals surface area contributed by atoms with Crippen LogP contribution in [0.15, 0.2) is 18.2 Å². The molecule has 3 rings (SSSR count). The van der Waals surface area contributed by atoms with Gasteiger partial charge < -0.3 is 15.0 Å². The first-order valence-electron chi connectivity index (χ1n) is 8.76. The molecule has 0 unspecified atom stereocenters. The first kappa shape index (κ1) is 24.4. The summed E-state index contributed by atoms with van der Waals surface area (Å²) in [5.41, 5.74) is -0.168. The minimum atomic E-state index is -0.692. The molecule has 1 amide bonds. The van der Waals surface area contributed by atoms with Gasteiger partial charge in [-0.05, 0) is 38.1 Å². The van der Waals surface area contributed by atoms with Gasteiger partial charge in [-0.3, -0.25) is 9.69 Å². The molecule has 0 atom stereocenters. The quantitative estimate of drug-likeness (QED) is 0.779. The average Bonchev–Trinajstić information content (AvgIpc) is 2.65. The van der Waals surface area contributed by atoms with Gasteiger partial charge in [-0.15, -0.1) is 24.8 Å². The molecule has 0 bridgehead atoms. The lowest BCUT2D eigenvalue weighted by Gasteiger charge is -2.42. The van der Waals surface area contributed by atoms with Crippen molar-refractivity contribution in [1.29, 1.82) is 0 Å². The molecule has 2 aliphatic rings. The molecule has 0 aromatic heterocycles. The van der Waals surface area contributed by atoms with E-state index >= 15 is 0 Å². The predicted octanol–water partition coefficient (Wildman–Crippen LogP) is 2.74. The monoisotopic (exact) mass is 441 g/mol. The Labute approximate surface area is 177 Å². The van der Waals surface area contributed by atoms with Crippen LogP contribution in [-0.2, 0) is 16.1 Å². The molecule has 2 fully saturated rings. The molecule has 0 aliphatic carbocycles. The number of rotatable bonds is 4. The van der Waals surface area contributed by atoms with Crippen molar-refractivity contribution in [3.05, 3.63) is 34.6 Å². The Morgan fingerprint density at radius 2 is 1.85 bits per heavy atom. The van der Waals surface area contributed by atoms with Gasteiger partial charge in [-0.25, -0.2) is 4.39 Å². The zero-order valence-electron chi connectivity index (χ0n) is 15.4. The molecule has 5 nitrogen and oxygen atoms in total. The Morgan fingerprint density at radius 3 is 2.41 bits per heavy atom. The third-order valence-electron chi connectivity index (χ3n) is 5.29. The number of piperidine rings is 1. The minimum absolute atomic E-state index is 0. The SMILES string of the molecule is COC1(C(=O)N2CCN(Cc3c(F)cccc3Cl)CC2)CCNCC1.Cl.Cl. The number of amides is 1. The van der Waals surface area contributed by atoms with E-state index in [1.807, 2.05) is 4.90 Å². The van der Waals surface area contributed by atoms with Crippen LogP contribution in [0.4, 0.5) is 4.39 Å². The van der Waals surface area contributed by atoms with Crippen molar-refractivity contribution < 1.29 is 13.9 Å². The van der Waals surface area contributed by atoms with E-state index in [1.165, 1.54) is 6.07 Å². The fourth-order valence-corrected chi connectivity index (χ4v) is 3.86. The van der Waals surface area contributed by atoms with Gasteiger partial charge in [0.1, 0.15) is 11.4 Å². The number of nitrogens with zero attached hydrogens (tertiary/aromatic N) is 2. The number of nitrogens with one attached hydrogen (secondary N) is 1. The van der Waals surface area contributed by atoms with E-state index in [-0.39, 0.29) is 36.5 Å². The number of piperazine rings is 1. The third-order valence-corrected chi connectivity index (χ3v) is 5.65. The van der Waals surface area contributed by atoms with Crippen molar-refractivity contribution in [3.8, 4) is 0 Å². The number of halogens is 4. The molecule has 0 saturated carbocycles. The highest BCUT2D eigenvalue weighted by Crippen LogP contribution is 2.26. The lowest BCUT2D eigenvalue weighted by molar-refractivity contribution is -0.160. The summed E-state index contributed by atoms with van der Waals surface area (Å²) in [6.45, 7) is 4.72. The molecule has 1 aromatic rings. The number of hydrogen-bond acceptors (Lipinski definition) is 4. The summed E-state index contributed by atoms with van der Waals surface area (Å²) in [4.78, 5) is 17.0. The molecule has 9 heteroatoms. The summed E-state index contributed by atoms with van der Waals surface area (Å²) < 4.78 is 19.6. The predicted molar refractivity (Wildman–Crippen MR) is 110 cm³/mol. The lowest BCUT2D eigenvalue weighted by Crippen LogP contribution is -2.59. The van der Waals surface area contributed by atoms with Gasteiger partial charge in [-0.2, -0.15) is 0 Å². The highest BCUT2D eigenvalue weighted by molar-refractivity contribution is 6.31. The van der Waals surface area contributed by atoms with Crippen LogP contribution < -0.4 is 5.32 Å². The van der Waals surface area contributed by atoms with Crippen molar-refractivity contribution in [2.75, 3.05) is 46.4 Å². The van der Waals surface area contributed by atoms with Crippen LogP contribution in [0.25, 0.3) is 0 Å². The topological polar surface area (TPSA) is 44.8 Å². The fraction of sp³-hybridized carbons (Fsp3) is 0.611. The van der Waals surface area contributed by atoms with Crippen LogP contribution in [0.1, 0.15) is 18.4 Å². The van der Waals surface area contributed by atoms with Crippen LogP contribution in [0.2, 0.25) is 5.02 Å². The minimum Gasteiger partial charge on any atom is -0.368 e. The molecular formula is C18H27Cl3FN3O2. The smallest absolute Gasteiger partial charge is 0.254 e. The molecule has 0 radical (unpaired) electrons. The number of carbonyl (C=O) groups excluding carboxylic acids is 1. The summed E-state index contributed by atoms with van der Waals surface area (Å²) in [5.74, 6) is -0.195. The van der Waals surface area contributed by atoms with Crippen LogP contribution in [0, 0.1) is 5.82 Å². The maximum Gasteiger partial charge on any atom is 0.254 e. The van der Waals surface area contributed by atoms with Gasteiger partial charge in [0.2, 0.25) is 0 Å². The maximum absolute atomic E-state index is 14.0. The number of carbonyl (C=O) groups is 1. The van der Waals surface area contributed by atoms with E-state index in [2.05, 4.69) is 10.2 Å². The van der Waals surface area contributed by atoms with Crippen molar-refractivity contribution in [3.63, 3.8) is 0 Å². The van der Waals surface area contributed by atoms with Gasteiger partial charge in [0, 0.05) is 50.4 Å². The summed E-state index contributed by atoms with van der Waals surface area (Å²) in [7, 11) is 1.62. The van der Waals surface area contributed by atoms with E-state index in [0.717, 1.165) is 13.1 Å². The molecule has 1 N–H and O–H groups in total. The number of benzene rings is 1. The molecule has 154 valence electrons.